The summed E-state index contributed by atoms with van der Waals surface area (Å²) < 4.78 is 7.72. The molecule has 0 atom stereocenters. The van der Waals surface area contributed by atoms with Gasteiger partial charge in [0.1, 0.15) is 18.1 Å². The van der Waals surface area contributed by atoms with Gasteiger partial charge in [-0.05, 0) is 19.3 Å². The van der Waals surface area contributed by atoms with E-state index in [1.807, 2.05) is 25.7 Å². The van der Waals surface area contributed by atoms with Crippen LogP contribution in [0.3, 0.4) is 0 Å². The fraction of sp³-hybridized carbons (Fsp3) is 0.722. The van der Waals surface area contributed by atoms with Gasteiger partial charge in [0.15, 0.2) is 0 Å². The molecule has 27 heavy (non-hydrogen) atoms. The van der Waals surface area contributed by atoms with Crippen LogP contribution in [0.15, 0.2) is 9.59 Å². The van der Waals surface area contributed by atoms with Crippen molar-refractivity contribution >= 4 is 17.4 Å². The summed E-state index contributed by atoms with van der Waals surface area (Å²) in [6.45, 7) is 7.97. The molecule has 0 spiro atoms. The van der Waals surface area contributed by atoms with Crippen LogP contribution in [-0.4, -0.2) is 47.4 Å². The van der Waals surface area contributed by atoms with Crippen LogP contribution in [0.1, 0.15) is 40.0 Å². The van der Waals surface area contributed by atoms with Crippen molar-refractivity contribution in [2.75, 3.05) is 36.9 Å². The highest BCUT2D eigenvalue weighted by Gasteiger charge is 2.24. The van der Waals surface area contributed by atoms with Gasteiger partial charge in [-0.25, -0.2) is 9.36 Å². The van der Waals surface area contributed by atoms with Crippen LogP contribution in [0.5, 0.6) is 0 Å². The van der Waals surface area contributed by atoms with Gasteiger partial charge in [0.2, 0.25) is 5.91 Å². The number of nitrogens with one attached hydrogen (secondary N) is 1. The lowest BCUT2D eigenvalue weighted by molar-refractivity contribution is -0.122. The van der Waals surface area contributed by atoms with Gasteiger partial charge >= 0.3 is 5.69 Å². The van der Waals surface area contributed by atoms with E-state index in [1.54, 1.807) is 0 Å². The summed E-state index contributed by atoms with van der Waals surface area (Å²) >= 11 is 0. The molecule has 1 aliphatic heterocycles. The highest BCUT2D eigenvalue weighted by Crippen LogP contribution is 2.18. The average Bonchev–Trinajstić information content (AvgIpc) is 2.67. The van der Waals surface area contributed by atoms with Gasteiger partial charge in [0.05, 0.1) is 13.2 Å². The third kappa shape index (κ3) is 4.71. The normalized spacial score (nSPS) is 14.6. The van der Waals surface area contributed by atoms with E-state index in [2.05, 4.69) is 5.32 Å². The van der Waals surface area contributed by atoms with Crippen molar-refractivity contribution in [1.82, 2.24) is 14.5 Å². The quantitative estimate of drug-likeness (QED) is 0.663. The maximum Gasteiger partial charge on any atom is 0.333 e. The Hall–Kier alpha value is -2.29. The number of morpholine rings is 1. The molecule has 1 fully saturated rings. The standard InChI is InChI=1S/C18H31N5O4/c1-4-7-22-16(19)15(21-8-10-27-11-9-21)17(25)23(18(22)26)12-14(24)20-13(5-2)6-3/h13H,4-12,19H2,1-3H3,(H,20,24). The van der Waals surface area contributed by atoms with Gasteiger partial charge in [-0.3, -0.25) is 14.2 Å². The number of nitrogen functional groups attached to an aromatic ring is 1. The number of hydrogen-bond acceptors (Lipinski definition) is 6. The highest BCUT2D eigenvalue weighted by atomic mass is 16.5. The Morgan fingerprint density at radius 2 is 1.78 bits per heavy atom. The van der Waals surface area contributed by atoms with Gasteiger partial charge < -0.3 is 20.7 Å². The lowest BCUT2D eigenvalue weighted by atomic mass is 10.2. The maximum absolute atomic E-state index is 13.0. The number of nitrogens with zero attached hydrogens (tertiary/aromatic N) is 3. The monoisotopic (exact) mass is 381 g/mol. The Morgan fingerprint density at radius 1 is 1.15 bits per heavy atom. The van der Waals surface area contributed by atoms with Crippen molar-refractivity contribution < 1.29 is 9.53 Å². The molecule has 9 heteroatoms. The molecule has 0 unspecified atom stereocenters. The number of anilines is 2. The van der Waals surface area contributed by atoms with Crippen molar-refractivity contribution in [2.24, 2.45) is 0 Å². The van der Waals surface area contributed by atoms with Crippen LogP contribution in [0.4, 0.5) is 11.5 Å². The molecule has 3 N–H and O–H groups in total. The topological polar surface area (TPSA) is 112 Å². The summed E-state index contributed by atoms with van der Waals surface area (Å²) in [6.07, 6.45) is 2.26. The molecular weight excluding hydrogens is 350 g/mol. The Bertz CT molecular complexity index is 760. The Labute approximate surface area is 159 Å². The maximum atomic E-state index is 13.0. The van der Waals surface area contributed by atoms with Crippen molar-refractivity contribution in [3.8, 4) is 0 Å². The first-order valence-corrected chi connectivity index (χ1v) is 9.69. The largest absolute Gasteiger partial charge is 0.383 e. The zero-order valence-corrected chi connectivity index (χ0v) is 16.5. The van der Waals surface area contributed by atoms with Crippen molar-refractivity contribution in [1.29, 1.82) is 0 Å². The number of ether oxygens (including phenoxy) is 1. The fourth-order valence-corrected chi connectivity index (χ4v) is 3.27. The summed E-state index contributed by atoms with van der Waals surface area (Å²) in [4.78, 5) is 40.1. The van der Waals surface area contributed by atoms with Crippen LogP contribution in [0, 0.1) is 0 Å². The first-order chi connectivity index (χ1) is 12.9. The van der Waals surface area contributed by atoms with Gasteiger partial charge in [0, 0.05) is 25.7 Å². The highest BCUT2D eigenvalue weighted by molar-refractivity contribution is 5.76. The van der Waals surface area contributed by atoms with Gasteiger partial charge in [-0.2, -0.15) is 0 Å². The zero-order valence-electron chi connectivity index (χ0n) is 16.5. The first-order valence-electron chi connectivity index (χ1n) is 9.69. The Kier molecular flexibility index (Phi) is 7.46. The van der Waals surface area contributed by atoms with E-state index in [1.165, 1.54) is 4.57 Å². The molecule has 2 rings (SSSR count). The van der Waals surface area contributed by atoms with E-state index >= 15 is 0 Å². The van der Waals surface area contributed by atoms with E-state index in [-0.39, 0.29) is 30.0 Å². The molecule has 9 nitrogen and oxygen atoms in total. The Morgan fingerprint density at radius 3 is 2.33 bits per heavy atom. The van der Waals surface area contributed by atoms with Crippen molar-refractivity contribution in [2.45, 2.75) is 59.2 Å². The fourth-order valence-electron chi connectivity index (χ4n) is 3.27. The summed E-state index contributed by atoms with van der Waals surface area (Å²) in [5, 5.41) is 2.87. The molecule has 1 amide bonds. The van der Waals surface area contributed by atoms with Gasteiger partial charge in [-0.1, -0.05) is 20.8 Å². The smallest absolute Gasteiger partial charge is 0.333 e. The molecule has 1 aromatic rings. The second kappa shape index (κ2) is 9.59. The van der Waals surface area contributed by atoms with Crippen LogP contribution in [-0.2, 0) is 22.6 Å². The molecule has 0 aromatic carbocycles. The predicted molar refractivity (Wildman–Crippen MR) is 105 cm³/mol. The van der Waals surface area contributed by atoms with E-state index in [0.29, 0.717) is 39.3 Å². The number of carbonyl (C=O) groups excluding carboxylic acids is 1. The van der Waals surface area contributed by atoms with E-state index in [0.717, 1.165) is 17.4 Å². The van der Waals surface area contributed by atoms with Crippen LogP contribution in [0.25, 0.3) is 0 Å². The molecule has 0 radical (unpaired) electrons. The van der Waals surface area contributed by atoms with Crippen LogP contribution >= 0.6 is 0 Å². The molecular formula is C18H31N5O4. The summed E-state index contributed by atoms with van der Waals surface area (Å²) in [7, 11) is 0. The molecule has 2 heterocycles. The second-order valence-corrected chi connectivity index (χ2v) is 6.74. The first kappa shape index (κ1) is 21.0. The molecule has 0 aliphatic carbocycles. The number of carbonyl (C=O) groups is 1. The SMILES string of the molecule is CCCn1c(N)c(N2CCOCC2)c(=O)n(CC(=O)NC(CC)CC)c1=O. The number of aromatic nitrogens is 2. The third-order valence-corrected chi connectivity index (χ3v) is 4.87. The average molecular weight is 381 g/mol. The predicted octanol–water partition coefficient (Wildman–Crippen LogP) is 0.144. The van der Waals surface area contributed by atoms with E-state index in [9.17, 15) is 14.4 Å². The van der Waals surface area contributed by atoms with Crippen molar-refractivity contribution in [3.63, 3.8) is 0 Å². The lowest BCUT2D eigenvalue weighted by Crippen LogP contribution is -2.49. The van der Waals surface area contributed by atoms with Crippen molar-refractivity contribution in [3.05, 3.63) is 20.8 Å². The van der Waals surface area contributed by atoms with Gasteiger partial charge in [0.25, 0.3) is 5.56 Å². The lowest BCUT2D eigenvalue weighted by Gasteiger charge is -2.30. The van der Waals surface area contributed by atoms with E-state index in [4.69, 9.17) is 10.5 Å². The second-order valence-electron chi connectivity index (χ2n) is 6.74. The minimum absolute atomic E-state index is 0.0264. The Balaban J connectivity index is 2.46. The van der Waals surface area contributed by atoms with Gasteiger partial charge in [-0.15, -0.1) is 0 Å². The van der Waals surface area contributed by atoms with E-state index < -0.39 is 11.2 Å². The summed E-state index contributed by atoms with van der Waals surface area (Å²) in [6, 6.07) is 0.0264. The van der Waals surface area contributed by atoms with Crippen LogP contribution in [0.2, 0.25) is 0 Å². The molecule has 0 saturated carbocycles. The number of rotatable bonds is 8. The minimum Gasteiger partial charge on any atom is -0.383 e. The molecule has 152 valence electrons. The molecule has 0 bridgehead atoms. The molecule has 1 saturated heterocycles. The number of amides is 1. The minimum atomic E-state index is -0.545. The van der Waals surface area contributed by atoms with Crippen LogP contribution < -0.4 is 27.2 Å². The third-order valence-electron chi connectivity index (χ3n) is 4.87. The number of nitrogens with two attached hydrogens (primary N) is 1. The molecule has 1 aliphatic rings. The summed E-state index contributed by atoms with van der Waals surface area (Å²) in [5.41, 5.74) is 5.40. The zero-order chi connectivity index (χ0) is 20.0. The molecule has 1 aromatic heterocycles. The number of hydrogen-bond donors (Lipinski definition) is 2. The summed E-state index contributed by atoms with van der Waals surface area (Å²) in [5.74, 6) is -0.186.